The highest BCUT2D eigenvalue weighted by molar-refractivity contribution is 5.85. The Morgan fingerprint density at radius 2 is 2.08 bits per heavy atom. The Labute approximate surface area is 149 Å². The van der Waals surface area contributed by atoms with Gasteiger partial charge in [0.25, 0.3) is 0 Å². The highest BCUT2D eigenvalue weighted by Crippen LogP contribution is 2.54. The molecule has 3 fully saturated rings. The second-order valence-corrected chi connectivity index (χ2v) is 7.58. The molecule has 2 aliphatic carbocycles. The van der Waals surface area contributed by atoms with E-state index >= 15 is 0 Å². The molecule has 0 unspecified atom stereocenters. The number of carbonyl (C=O) groups is 1. The molecule has 1 amide bonds. The van der Waals surface area contributed by atoms with Crippen LogP contribution in [0.1, 0.15) is 51.9 Å². The predicted octanol–water partition coefficient (Wildman–Crippen LogP) is 2.30. The molecule has 1 N–H and O–H groups in total. The van der Waals surface area contributed by atoms with Gasteiger partial charge in [-0.15, -0.1) is 0 Å². The number of ether oxygens (including phenoxy) is 1. The maximum absolute atomic E-state index is 13.0. The van der Waals surface area contributed by atoms with Crippen LogP contribution in [0.15, 0.2) is 18.5 Å². The van der Waals surface area contributed by atoms with Crippen LogP contribution in [0.4, 0.5) is 5.95 Å². The summed E-state index contributed by atoms with van der Waals surface area (Å²) in [5.41, 5.74) is 0.179. The molecule has 6 heteroatoms. The molecule has 1 spiro atoms. The Morgan fingerprint density at radius 1 is 1.32 bits per heavy atom. The van der Waals surface area contributed by atoms with Gasteiger partial charge in [-0.25, -0.2) is 9.97 Å². The third kappa shape index (κ3) is 2.90. The lowest BCUT2D eigenvalue weighted by Gasteiger charge is -2.54. The van der Waals surface area contributed by atoms with Gasteiger partial charge >= 0.3 is 0 Å². The van der Waals surface area contributed by atoms with Gasteiger partial charge in [-0.3, -0.25) is 4.79 Å². The van der Waals surface area contributed by atoms with Gasteiger partial charge in [-0.05, 0) is 45.1 Å². The van der Waals surface area contributed by atoms with Gasteiger partial charge in [0.2, 0.25) is 11.9 Å². The van der Waals surface area contributed by atoms with Crippen molar-refractivity contribution in [3.8, 4) is 0 Å². The third-order valence-corrected chi connectivity index (χ3v) is 6.37. The van der Waals surface area contributed by atoms with Crippen LogP contribution in [0.2, 0.25) is 0 Å². The zero-order valence-electron chi connectivity index (χ0n) is 15.0. The number of rotatable bonds is 5. The molecule has 6 nitrogen and oxygen atoms in total. The Morgan fingerprint density at radius 3 is 2.80 bits per heavy atom. The molecule has 2 heterocycles. The highest BCUT2D eigenvalue weighted by Gasteiger charge is 2.57. The fraction of sp³-hybridized carbons (Fsp3) is 0.737. The quantitative estimate of drug-likeness (QED) is 0.888. The van der Waals surface area contributed by atoms with Crippen LogP contribution in [-0.2, 0) is 9.53 Å². The second kappa shape index (κ2) is 6.90. The van der Waals surface area contributed by atoms with Gasteiger partial charge in [0.1, 0.15) is 6.04 Å². The molecule has 0 aromatic carbocycles. The average Bonchev–Trinajstić information content (AvgIpc) is 3.32. The fourth-order valence-corrected chi connectivity index (χ4v) is 5.08. The van der Waals surface area contributed by atoms with Gasteiger partial charge in [-0.2, -0.15) is 0 Å². The van der Waals surface area contributed by atoms with Crippen molar-refractivity contribution < 1.29 is 9.53 Å². The summed E-state index contributed by atoms with van der Waals surface area (Å²) < 4.78 is 5.96. The second-order valence-electron chi connectivity index (χ2n) is 7.58. The van der Waals surface area contributed by atoms with E-state index in [4.69, 9.17) is 4.74 Å². The van der Waals surface area contributed by atoms with Crippen molar-refractivity contribution in [2.75, 3.05) is 18.1 Å². The maximum atomic E-state index is 13.0. The minimum absolute atomic E-state index is 0.135. The van der Waals surface area contributed by atoms with E-state index in [0.29, 0.717) is 12.1 Å². The van der Waals surface area contributed by atoms with Crippen molar-refractivity contribution in [1.82, 2.24) is 15.3 Å². The largest absolute Gasteiger partial charge is 0.378 e. The molecule has 1 aromatic heterocycles. The molecule has 0 radical (unpaired) electrons. The lowest BCUT2D eigenvalue weighted by molar-refractivity contribution is -0.144. The summed E-state index contributed by atoms with van der Waals surface area (Å²) >= 11 is 0. The van der Waals surface area contributed by atoms with E-state index in [0.717, 1.165) is 32.4 Å². The summed E-state index contributed by atoms with van der Waals surface area (Å²) in [4.78, 5) is 23.7. The standard InChI is InChI=1S/C19H28N4O2/c1-2-25-16-13-15(19(16)8-3-4-9-19)22-17(24)14-7-5-12-23(14)18-20-10-6-11-21-18/h6,10-11,14-16H,2-5,7-9,12-13H2,1H3,(H,22,24)/t14-,15+,16+/m0/s1. The molecule has 3 atom stereocenters. The zero-order valence-corrected chi connectivity index (χ0v) is 15.0. The minimum Gasteiger partial charge on any atom is -0.378 e. The Balaban J connectivity index is 1.43. The van der Waals surface area contributed by atoms with Crippen molar-refractivity contribution >= 4 is 11.9 Å². The van der Waals surface area contributed by atoms with Crippen LogP contribution >= 0.6 is 0 Å². The SMILES string of the molecule is CCO[C@@H]1C[C@@H](NC(=O)[C@@H]2CCCN2c2ncccn2)C12CCCC2. The summed E-state index contributed by atoms with van der Waals surface area (Å²) in [7, 11) is 0. The number of carbonyl (C=O) groups excluding carboxylic acids is 1. The number of amides is 1. The molecule has 4 rings (SSSR count). The van der Waals surface area contributed by atoms with Crippen molar-refractivity contribution in [2.45, 2.75) is 70.1 Å². The lowest BCUT2D eigenvalue weighted by Crippen LogP contribution is -2.65. The molecule has 1 aliphatic heterocycles. The molecule has 3 aliphatic rings. The number of aromatic nitrogens is 2. The molecule has 25 heavy (non-hydrogen) atoms. The summed E-state index contributed by atoms with van der Waals surface area (Å²) in [5, 5.41) is 3.36. The Bertz CT molecular complexity index is 603. The van der Waals surface area contributed by atoms with Crippen molar-refractivity contribution in [2.24, 2.45) is 5.41 Å². The smallest absolute Gasteiger partial charge is 0.243 e. The van der Waals surface area contributed by atoms with E-state index < -0.39 is 0 Å². The lowest BCUT2D eigenvalue weighted by atomic mass is 9.60. The van der Waals surface area contributed by atoms with E-state index in [1.807, 2.05) is 0 Å². The van der Waals surface area contributed by atoms with Crippen LogP contribution < -0.4 is 10.2 Å². The molecule has 136 valence electrons. The van der Waals surface area contributed by atoms with E-state index in [2.05, 4.69) is 27.1 Å². The van der Waals surface area contributed by atoms with E-state index in [1.54, 1.807) is 18.5 Å². The van der Waals surface area contributed by atoms with Gasteiger partial charge < -0.3 is 15.0 Å². The number of nitrogens with zero attached hydrogens (tertiary/aromatic N) is 3. The van der Waals surface area contributed by atoms with Crippen LogP contribution in [0.5, 0.6) is 0 Å². The number of anilines is 1. The first-order valence-corrected chi connectivity index (χ1v) is 9.70. The van der Waals surface area contributed by atoms with Gasteiger partial charge in [-0.1, -0.05) is 12.8 Å². The first-order chi connectivity index (χ1) is 12.2. The van der Waals surface area contributed by atoms with E-state index in [1.165, 1.54) is 25.7 Å². The van der Waals surface area contributed by atoms with Crippen molar-refractivity contribution in [3.05, 3.63) is 18.5 Å². The zero-order chi connectivity index (χ0) is 17.3. The molecular weight excluding hydrogens is 316 g/mol. The van der Waals surface area contributed by atoms with E-state index in [9.17, 15) is 4.79 Å². The monoisotopic (exact) mass is 344 g/mol. The molecule has 1 aromatic rings. The maximum Gasteiger partial charge on any atom is 0.243 e. The molecule has 2 saturated carbocycles. The molecular formula is C19H28N4O2. The normalized spacial score (nSPS) is 30.4. The summed E-state index contributed by atoms with van der Waals surface area (Å²) in [6, 6.07) is 1.92. The Hall–Kier alpha value is -1.69. The fourth-order valence-electron chi connectivity index (χ4n) is 5.08. The van der Waals surface area contributed by atoms with Gasteiger partial charge in [0.15, 0.2) is 0 Å². The minimum atomic E-state index is -0.146. The molecule has 1 saturated heterocycles. The van der Waals surface area contributed by atoms with Gasteiger partial charge in [0, 0.05) is 37.0 Å². The average molecular weight is 344 g/mol. The first-order valence-electron chi connectivity index (χ1n) is 9.70. The van der Waals surface area contributed by atoms with Crippen LogP contribution in [0.25, 0.3) is 0 Å². The number of hydrogen-bond acceptors (Lipinski definition) is 5. The molecule has 0 bridgehead atoms. The summed E-state index contributed by atoms with van der Waals surface area (Å²) in [6.07, 6.45) is 11.5. The first kappa shape index (κ1) is 16.8. The highest BCUT2D eigenvalue weighted by atomic mass is 16.5. The number of nitrogens with one attached hydrogen (secondary N) is 1. The van der Waals surface area contributed by atoms with Crippen molar-refractivity contribution in [3.63, 3.8) is 0 Å². The Kier molecular flexibility index (Phi) is 4.63. The van der Waals surface area contributed by atoms with Crippen LogP contribution in [0, 0.1) is 5.41 Å². The van der Waals surface area contributed by atoms with E-state index in [-0.39, 0.29) is 23.4 Å². The number of hydrogen-bond donors (Lipinski definition) is 1. The summed E-state index contributed by atoms with van der Waals surface area (Å²) in [6.45, 7) is 3.67. The predicted molar refractivity (Wildman–Crippen MR) is 95.3 cm³/mol. The summed E-state index contributed by atoms with van der Waals surface area (Å²) in [5.74, 6) is 0.799. The topological polar surface area (TPSA) is 67.3 Å². The van der Waals surface area contributed by atoms with Crippen molar-refractivity contribution in [1.29, 1.82) is 0 Å². The van der Waals surface area contributed by atoms with Gasteiger partial charge in [0.05, 0.1) is 6.10 Å². The van der Waals surface area contributed by atoms with Crippen LogP contribution in [-0.4, -0.2) is 47.2 Å². The van der Waals surface area contributed by atoms with Crippen LogP contribution in [0.3, 0.4) is 0 Å². The third-order valence-electron chi connectivity index (χ3n) is 6.37.